The van der Waals surface area contributed by atoms with Gasteiger partial charge in [0, 0.05) is 29.2 Å². The Morgan fingerprint density at radius 2 is 1.88 bits per heavy atom. The first kappa shape index (κ1) is 18.9. The number of halogens is 1. The zero-order valence-electron chi connectivity index (χ0n) is 15.7. The van der Waals surface area contributed by atoms with Gasteiger partial charge < -0.3 is 10.2 Å². The molecule has 4 heteroatoms. The maximum Gasteiger partial charge on any atom is 0.254 e. The van der Waals surface area contributed by atoms with Crippen molar-refractivity contribution < 1.29 is 9.18 Å². The molecule has 1 N–H and O–H groups in total. The topological polar surface area (TPSA) is 32.3 Å². The number of unbranched alkanes of at least 4 members (excludes halogenated alkanes) is 1. The molecule has 0 unspecified atom stereocenters. The quantitative estimate of drug-likeness (QED) is 0.867. The summed E-state index contributed by atoms with van der Waals surface area (Å²) in [7, 11) is 0. The predicted molar refractivity (Wildman–Crippen MR) is 96.7 cm³/mol. The standard InChI is InChI=1S/C20H31FN2O/c1-6-7-11-23(18(24)15-9-8-10-16(21)12-15)17-13-19(2,3)22-20(4,5)14-17/h8-10,12,17,22H,6-7,11,13-14H2,1-5H3. The van der Waals surface area contributed by atoms with E-state index in [4.69, 9.17) is 0 Å². The molecule has 0 spiro atoms. The van der Waals surface area contributed by atoms with E-state index in [-0.39, 0.29) is 28.8 Å². The van der Waals surface area contributed by atoms with Crippen LogP contribution in [0.1, 0.15) is 70.7 Å². The number of carbonyl (C=O) groups is 1. The lowest BCUT2D eigenvalue weighted by molar-refractivity contribution is 0.0441. The summed E-state index contributed by atoms with van der Waals surface area (Å²) in [6, 6.07) is 6.21. The minimum Gasteiger partial charge on any atom is -0.336 e. The Morgan fingerprint density at radius 3 is 2.42 bits per heavy atom. The van der Waals surface area contributed by atoms with Gasteiger partial charge in [0.05, 0.1) is 0 Å². The number of benzene rings is 1. The largest absolute Gasteiger partial charge is 0.336 e. The fourth-order valence-electron chi connectivity index (χ4n) is 4.05. The van der Waals surface area contributed by atoms with Crippen LogP contribution in [0.5, 0.6) is 0 Å². The lowest BCUT2D eigenvalue weighted by Crippen LogP contribution is -2.62. The van der Waals surface area contributed by atoms with Crippen LogP contribution in [0.15, 0.2) is 24.3 Å². The summed E-state index contributed by atoms with van der Waals surface area (Å²) in [6.07, 6.45) is 3.80. The molecule has 1 aromatic rings. The van der Waals surface area contributed by atoms with Crippen LogP contribution in [0.25, 0.3) is 0 Å². The number of nitrogens with one attached hydrogen (secondary N) is 1. The van der Waals surface area contributed by atoms with E-state index in [1.807, 2.05) is 4.90 Å². The van der Waals surface area contributed by atoms with Gasteiger partial charge in [-0.15, -0.1) is 0 Å². The second-order valence-electron chi connectivity index (χ2n) is 8.32. The molecule has 1 aromatic carbocycles. The molecular formula is C20H31FN2O. The summed E-state index contributed by atoms with van der Waals surface area (Å²) in [4.78, 5) is 15.0. The Hall–Kier alpha value is -1.42. The molecule has 1 aliphatic heterocycles. The highest BCUT2D eigenvalue weighted by atomic mass is 19.1. The number of rotatable bonds is 5. The maximum atomic E-state index is 13.6. The van der Waals surface area contributed by atoms with Crippen molar-refractivity contribution in [3.05, 3.63) is 35.6 Å². The van der Waals surface area contributed by atoms with E-state index in [9.17, 15) is 9.18 Å². The molecule has 1 fully saturated rings. The Balaban J connectivity index is 2.28. The van der Waals surface area contributed by atoms with Crippen molar-refractivity contribution in [2.24, 2.45) is 0 Å². The second-order valence-corrected chi connectivity index (χ2v) is 8.32. The number of nitrogens with zero attached hydrogens (tertiary/aromatic N) is 1. The number of piperidine rings is 1. The van der Waals surface area contributed by atoms with E-state index >= 15 is 0 Å². The van der Waals surface area contributed by atoms with Gasteiger partial charge in [0.15, 0.2) is 0 Å². The van der Waals surface area contributed by atoms with E-state index in [2.05, 4.69) is 39.9 Å². The van der Waals surface area contributed by atoms with Gasteiger partial charge in [0.2, 0.25) is 0 Å². The summed E-state index contributed by atoms with van der Waals surface area (Å²) in [6.45, 7) is 11.6. The van der Waals surface area contributed by atoms with E-state index in [0.29, 0.717) is 5.56 Å². The summed E-state index contributed by atoms with van der Waals surface area (Å²) < 4.78 is 13.6. The van der Waals surface area contributed by atoms with Crippen LogP contribution in [-0.4, -0.2) is 34.5 Å². The normalized spacial score (nSPS) is 19.9. The highest BCUT2D eigenvalue weighted by Crippen LogP contribution is 2.32. The molecule has 0 saturated carbocycles. The average molecular weight is 334 g/mol. The van der Waals surface area contributed by atoms with Gasteiger partial charge in [0.25, 0.3) is 5.91 Å². The molecule has 2 rings (SSSR count). The summed E-state index contributed by atoms with van der Waals surface area (Å²) in [5, 5.41) is 3.66. The molecule has 3 nitrogen and oxygen atoms in total. The second kappa shape index (κ2) is 7.22. The molecular weight excluding hydrogens is 303 g/mol. The average Bonchev–Trinajstić information content (AvgIpc) is 2.44. The third kappa shape index (κ3) is 4.79. The van der Waals surface area contributed by atoms with Crippen LogP contribution in [0, 0.1) is 5.82 Å². The van der Waals surface area contributed by atoms with Gasteiger partial charge in [-0.05, 0) is 65.2 Å². The third-order valence-electron chi connectivity index (χ3n) is 4.69. The third-order valence-corrected chi connectivity index (χ3v) is 4.69. The number of hydrogen-bond donors (Lipinski definition) is 1. The maximum absolute atomic E-state index is 13.6. The Morgan fingerprint density at radius 1 is 1.25 bits per heavy atom. The molecule has 1 amide bonds. The molecule has 0 aliphatic carbocycles. The Labute approximate surface area is 145 Å². The van der Waals surface area contributed by atoms with Gasteiger partial charge >= 0.3 is 0 Å². The lowest BCUT2D eigenvalue weighted by atomic mass is 9.78. The first-order valence-electron chi connectivity index (χ1n) is 8.99. The first-order chi connectivity index (χ1) is 11.1. The highest BCUT2D eigenvalue weighted by Gasteiger charge is 2.41. The fraction of sp³-hybridized carbons (Fsp3) is 0.650. The Bertz CT molecular complexity index is 567. The zero-order valence-corrected chi connectivity index (χ0v) is 15.7. The summed E-state index contributed by atoms with van der Waals surface area (Å²) >= 11 is 0. The van der Waals surface area contributed by atoms with Gasteiger partial charge in [-0.2, -0.15) is 0 Å². The lowest BCUT2D eigenvalue weighted by Gasteiger charge is -2.49. The highest BCUT2D eigenvalue weighted by molar-refractivity contribution is 5.94. The van der Waals surface area contributed by atoms with Gasteiger partial charge in [-0.3, -0.25) is 4.79 Å². The van der Waals surface area contributed by atoms with Crippen LogP contribution in [0.3, 0.4) is 0 Å². The minimum atomic E-state index is -0.359. The van der Waals surface area contributed by atoms with Crippen molar-refractivity contribution in [2.75, 3.05) is 6.54 Å². The molecule has 1 saturated heterocycles. The SMILES string of the molecule is CCCCN(C(=O)c1cccc(F)c1)C1CC(C)(C)NC(C)(C)C1. The van der Waals surface area contributed by atoms with Crippen molar-refractivity contribution in [3.8, 4) is 0 Å². The van der Waals surface area contributed by atoms with Crippen LogP contribution in [-0.2, 0) is 0 Å². The van der Waals surface area contributed by atoms with E-state index in [1.54, 1.807) is 12.1 Å². The van der Waals surface area contributed by atoms with E-state index in [0.717, 1.165) is 32.2 Å². The molecule has 0 bridgehead atoms. The molecule has 0 radical (unpaired) electrons. The number of amides is 1. The molecule has 24 heavy (non-hydrogen) atoms. The van der Waals surface area contributed by atoms with Crippen LogP contribution >= 0.6 is 0 Å². The molecule has 1 heterocycles. The molecule has 0 atom stereocenters. The van der Waals surface area contributed by atoms with E-state index < -0.39 is 0 Å². The Kier molecular flexibility index (Phi) is 5.69. The van der Waals surface area contributed by atoms with Crippen molar-refractivity contribution in [1.82, 2.24) is 10.2 Å². The van der Waals surface area contributed by atoms with Crippen LogP contribution < -0.4 is 5.32 Å². The smallest absolute Gasteiger partial charge is 0.254 e. The first-order valence-corrected chi connectivity index (χ1v) is 8.99. The summed E-state index contributed by atoms with van der Waals surface area (Å²) in [5.41, 5.74) is 0.387. The van der Waals surface area contributed by atoms with Gasteiger partial charge in [-0.1, -0.05) is 19.4 Å². The fourth-order valence-corrected chi connectivity index (χ4v) is 4.05. The molecule has 0 aromatic heterocycles. The van der Waals surface area contributed by atoms with Crippen molar-refractivity contribution in [1.29, 1.82) is 0 Å². The van der Waals surface area contributed by atoms with Gasteiger partial charge in [-0.25, -0.2) is 4.39 Å². The van der Waals surface area contributed by atoms with Crippen molar-refractivity contribution in [3.63, 3.8) is 0 Å². The zero-order chi connectivity index (χ0) is 18.0. The van der Waals surface area contributed by atoms with Crippen molar-refractivity contribution in [2.45, 2.75) is 77.4 Å². The summed E-state index contributed by atoms with van der Waals surface area (Å²) in [5.74, 6) is -0.413. The molecule has 1 aliphatic rings. The van der Waals surface area contributed by atoms with Crippen molar-refractivity contribution >= 4 is 5.91 Å². The monoisotopic (exact) mass is 334 g/mol. The number of hydrogen-bond acceptors (Lipinski definition) is 2. The van der Waals surface area contributed by atoms with Crippen LogP contribution in [0.2, 0.25) is 0 Å². The van der Waals surface area contributed by atoms with Gasteiger partial charge in [0.1, 0.15) is 5.82 Å². The van der Waals surface area contributed by atoms with E-state index in [1.165, 1.54) is 12.1 Å². The minimum absolute atomic E-state index is 0.0287. The van der Waals surface area contributed by atoms with Crippen LogP contribution in [0.4, 0.5) is 4.39 Å². The number of carbonyl (C=O) groups excluding carboxylic acids is 1. The molecule has 134 valence electrons. The predicted octanol–water partition coefficient (Wildman–Crippen LogP) is 4.38.